The summed E-state index contributed by atoms with van der Waals surface area (Å²) in [4.78, 5) is 4.36. The third-order valence-corrected chi connectivity index (χ3v) is 2.37. The van der Waals surface area contributed by atoms with Crippen LogP contribution in [-0.2, 0) is 0 Å². The highest BCUT2D eigenvalue weighted by molar-refractivity contribution is 5.61. The molecule has 0 saturated carbocycles. The molecule has 1 heterocycles. The Morgan fingerprint density at radius 1 is 1.33 bits per heavy atom. The van der Waals surface area contributed by atoms with E-state index in [-0.39, 0.29) is 0 Å². The number of aromatic nitrogens is 2. The quantitative estimate of drug-likeness (QED) is 0.759. The molecule has 0 aliphatic carbocycles. The van der Waals surface area contributed by atoms with Crippen molar-refractivity contribution >= 4 is 5.69 Å². The maximum Gasteiger partial charge on any atom is 0.140 e. The molecule has 0 radical (unpaired) electrons. The normalized spacial score (nSPS) is 10.9. The van der Waals surface area contributed by atoms with Crippen LogP contribution < -0.4 is 5.73 Å². The van der Waals surface area contributed by atoms with Gasteiger partial charge in [-0.05, 0) is 26.0 Å². The average Bonchev–Trinajstić information content (AvgIpc) is 2.65. The van der Waals surface area contributed by atoms with Gasteiger partial charge in [0.1, 0.15) is 5.82 Å². The first-order chi connectivity index (χ1) is 7.18. The van der Waals surface area contributed by atoms with Crippen molar-refractivity contribution in [2.24, 2.45) is 0 Å². The zero-order valence-corrected chi connectivity index (χ0v) is 9.01. The number of imidazole rings is 1. The number of hydrogen-bond donors (Lipinski definition) is 1. The molecule has 1 aromatic carbocycles. The fraction of sp³-hybridized carbons (Fsp3) is 0.250. The number of anilines is 1. The van der Waals surface area contributed by atoms with Crippen LogP contribution in [-0.4, -0.2) is 9.55 Å². The van der Waals surface area contributed by atoms with Gasteiger partial charge >= 0.3 is 0 Å². The molecule has 2 aromatic rings. The molecule has 15 heavy (non-hydrogen) atoms. The van der Waals surface area contributed by atoms with E-state index in [4.69, 9.17) is 5.73 Å². The Hall–Kier alpha value is -1.77. The Labute approximate surface area is 89.6 Å². The van der Waals surface area contributed by atoms with E-state index in [1.54, 1.807) is 0 Å². The fourth-order valence-electron chi connectivity index (χ4n) is 1.63. The van der Waals surface area contributed by atoms with Gasteiger partial charge in [0.25, 0.3) is 0 Å². The second-order valence-electron chi connectivity index (χ2n) is 3.88. The fourth-order valence-corrected chi connectivity index (χ4v) is 1.63. The summed E-state index contributed by atoms with van der Waals surface area (Å²) in [5.74, 6) is 0.970. The van der Waals surface area contributed by atoms with Crippen molar-refractivity contribution in [3.8, 4) is 11.4 Å². The van der Waals surface area contributed by atoms with E-state index in [0.717, 1.165) is 17.1 Å². The zero-order valence-electron chi connectivity index (χ0n) is 9.01. The molecular formula is C12H15N3. The molecule has 0 aliphatic rings. The summed E-state index contributed by atoms with van der Waals surface area (Å²) >= 11 is 0. The van der Waals surface area contributed by atoms with Gasteiger partial charge in [0, 0.05) is 29.7 Å². The summed E-state index contributed by atoms with van der Waals surface area (Å²) in [6, 6.07) is 8.21. The predicted octanol–water partition coefficient (Wildman–Crippen LogP) is 2.71. The number of rotatable bonds is 2. The van der Waals surface area contributed by atoms with Crippen molar-refractivity contribution in [1.82, 2.24) is 9.55 Å². The van der Waals surface area contributed by atoms with Crippen molar-refractivity contribution in [2.45, 2.75) is 19.9 Å². The molecule has 0 aliphatic heterocycles. The van der Waals surface area contributed by atoms with Gasteiger partial charge in [-0.15, -0.1) is 0 Å². The van der Waals surface area contributed by atoms with Gasteiger partial charge in [-0.2, -0.15) is 0 Å². The number of nitrogens with zero attached hydrogens (tertiary/aromatic N) is 2. The van der Waals surface area contributed by atoms with E-state index in [0.29, 0.717) is 6.04 Å². The first-order valence-corrected chi connectivity index (χ1v) is 5.07. The lowest BCUT2D eigenvalue weighted by atomic mass is 10.2. The molecule has 78 valence electrons. The summed E-state index contributed by atoms with van der Waals surface area (Å²) in [6.45, 7) is 4.27. The van der Waals surface area contributed by atoms with Crippen LogP contribution in [0.15, 0.2) is 36.7 Å². The first-order valence-electron chi connectivity index (χ1n) is 5.07. The summed E-state index contributed by atoms with van der Waals surface area (Å²) in [5, 5.41) is 0. The Bertz CT molecular complexity index is 457. The van der Waals surface area contributed by atoms with E-state index < -0.39 is 0 Å². The van der Waals surface area contributed by atoms with Crippen LogP contribution in [0.2, 0.25) is 0 Å². The van der Waals surface area contributed by atoms with Crippen LogP contribution in [0, 0.1) is 0 Å². The molecule has 0 amide bonds. The van der Waals surface area contributed by atoms with E-state index >= 15 is 0 Å². The standard InChI is InChI=1S/C12H15N3/c1-9(2)15-7-6-14-12(15)10-4-3-5-11(13)8-10/h3-9H,13H2,1-2H3. The smallest absolute Gasteiger partial charge is 0.140 e. The van der Waals surface area contributed by atoms with Gasteiger partial charge in [-0.25, -0.2) is 4.98 Å². The molecule has 0 atom stereocenters. The van der Waals surface area contributed by atoms with Crippen molar-refractivity contribution in [2.75, 3.05) is 5.73 Å². The lowest BCUT2D eigenvalue weighted by molar-refractivity contribution is 0.606. The summed E-state index contributed by atoms with van der Waals surface area (Å²) in [5.41, 5.74) is 7.59. The van der Waals surface area contributed by atoms with Crippen LogP contribution >= 0.6 is 0 Å². The summed E-state index contributed by atoms with van der Waals surface area (Å²) in [7, 11) is 0. The Kier molecular flexibility index (Phi) is 2.46. The molecule has 0 fully saturated rings. The molecule has 0 bridgehead atoms. The summed E-state index contributed by atoms with van der Waals surface area (Å²) in [6.07, 6.45) is 3.81. The highest BCUT2D eigenvalue weighted by atomic mass is 15.1. The lowest BCUT2D eigenvalue weighted by Gasteiger charge is -2.11. The average molecular weight is 201 g/mol. The minimum atomic E-state index is 0.406. The minimum Gasteiger partial charge on any atom is -0.399 e. The van der Waals surface area contributed by atoms with E-state index in [2.05, 4.69) is 23.4 Å². The van der Waals surface area contributed by atoms with Crippen molar-refractivity contribution < 1.29 is 0 Å². The van der Waals surface area contributed by atoms with Crippen molar-refractivity contribution in [1.29, 1.82) is 0 Å². The highest BCUT2D eigenvalue weighted by Gasteiger charge is 2.07. The Morgan fingerprint density at radius 3 is 2.80 bits per heavy atom. The maximum absolute atomic E-state index is 5.75. The third-order valence-electron chi connectivity index (χ3n) is 2.37. The minimum absolute atomic E-state index is 0.406. The molecule has 0 unspecified atom stereocenters. The second-order valence-corrected chi connectivity index (χ2v) is 3.88. The molecule has 2 rings (SSSR count). The number of benzene rings is 1. The van der Waals surface area contributed by atoms with Gasteiger partial charge in [0.05, 0.1) is 0 Å². The van der Waals surface area contributed by atoms with Gasteiger partial charge in [0.2, 0.25) is 0 Å². The van der Waals surface area contributed by atoms with E-state index in [9.17, 15) is 0 Å². The monoisotopic (exact) mass is 201 g/mol. The largest absolute Gasteiger partial charge is 0.399 e. The van der Waals surface area contributed by atoms with Crippen LogP contribution in [0.4, 0.5) is 5.69 Å². The molecule has 1 aromatic heterocycles. The highest BCUT2D eigenvalue weighted by Crippen LogP contribution is 2.22. The SMILES string of the molecule is CC(C)n1ccnc1-c1cccc(N)c1. The molecule has 2 N–H and O–H groups in total. The number of nitrogens with two attached hydrogens (primary N) is 1. The van der Waals surface area contributed by atoms with Crippen LogP contribution in [0.5, 0.6) is 0 Å². The topological polar surface area (TPSA) is 43.8 Å². The molecule has 0 spiro atoms. The van der Waals surface area contributed by atoms with Gasteiger partial charge in [0.15, 0.2) is 0 Å². The van der Waals surface area contributed by atoms with Crippen molar-refractivity contribution in [3.05, 3.63) is 36.7 Å². The first kappa shape index (κ1) is 9.77. The van der Waals surface area contributed by atoms with Gasteiger partial charge in [-0.3, -0.25) is 0 Å². The van der Waals surface area contributed by atoms with E-state index in [1.807, 2.05) is 36.7 Å². The molecular weight excluding hydrogens is 186 g/mol. The molecule has 3 heteroatoms. The molecule has 0 saturated heterocycles. The van der Waals surface area contributed by atoms with Crippen molar-refractivity contribution in [3.63, 3.8) is 0 Å². The van der Waals surface area contributed by atoms with Crippen LogP contribution in [0.3, 0.4) is 0 Å². The van der Waals surface area contributed by atoms with Crippen LogP contribution in [0.25, 0.3) is 11.4 Å². The number of hydrogen-bond acceptors (Lipinski definition) is 2. The lowest BCUT2D eigenvalue weighted by Crippen LogP contribution is -2.01. The van der Waals surface area contributed by atoms with Crippen LogP contribution in [0.1, 0.15) is 19.9 Å². The van der Waals surface area contributed by atoms with Gasteiger partial charge in [-0.1, -0.05) is 12.1 Å². The maximum atomic E-state index is 5.75. The summed E-state index contributed by atoms with van der Waals surface area (Å²) < 4.78 is 2.13. The van der Waals surface area contributed by atoms with Gasteiger partial charge < -0.3 is 10.3 Å². The Morgan fingerprint density at radius 2 is 2.13 bits per heavy atom. The zero-order chi connectivity index (χ0) is 10.8. The third kappa shape index (κ3) is 1.86. The second kappa shape index (κ2) is 3.77. The Balaban J connectivity index is 2.49. The predicted molar refractivity (Wildman–Crippen MR) is 62.5 cm³/mol. The van der Waals surface area contributed by atoms with E-state index in [1.165, 1.54) is 0 Å². The molecule has 3 nitrogen and oxygen atoms in total. The number of nitrogen functional groups attached to an aromatic ring is 1.